The van der Waals surface area contributed by atoms with Gasteiger partial charge in [0.15, 0.2) is 5.82 Å². The van der Waals surface area contributed by atoms with Crippen molar-refractivity contribution in [1.29, 1.82) is 0 Å². The standard InChI is InChI=1S/C86H107BN4/c1-77(2,3)51-35-48(36-52(41-51)78(4,5)6)63-47-64(49-37-53(79(7,8)9)42-54(38-49)80(10,11)12)89-76(88-63)50-39-67-73-68(40-50)91-66-46-56(82(16,17)18)44-60(86(28,29)30)70(66)72-58(84(22,23)24)32-34-62(75(72)91)87(73)61-33-31-57(83(19,20)21)71-69-59(85(25,26)27)43-55(81(13,14)15)45-65(69)90(67)74(61)71/h31-47H,1-30H3. The molecule has 0 spiro atoms. The Morgan fingerprint density at radius 2 is 0.571 bits per heavy atom. The van der Waals surface area contributed by atoms with Gasteiger partial charge in [-0.2, -0.15) is 0 Å². The summed E-state index contributed by atoms with van der Waals surface area (Å²) < 4.78 is 5.49. The highest BCUT2D eigenvalue weighted by Gasteiger charge is 2.45. The smallest absolute Gasteiger partial charge is 0.252 e. The fraction of sp³-hybridized carbons (Fsp3) is 0.465. The first-order chi connectivity index (χ1) is 41.4. The Bertz CT molecular complexity index is 4350. The van der Waals surface area contributed by atoms with E-state index in [2.05, 4.69) is 320 Å². The predicted molar refractivity (Wildman–Crippen MR) is 399 cm³/mol. The van der Waals surface area contributed by atoms with Crippen LogP contribution in [0, 0.1) is 0 Å². The van der Waals surface area contributed by atoms with Crippen molar-refractivity contribution in [2.24, 2.45) is 0 Å². The molecule has 0 bridgehead atoms. The van der Waals surface area contributed by atoms with E-state index >= 15 is 0 Å². The average molecular weight is 1210 g/mol. The van der Waals surface area contributed by atoms with Gasteiger partial charge in [-0.3, -0.25) is 0 Å². The van der Waals surface area contributed by atoms with Crippen LogP contribution in [-0.4, -0.2) is 25.8 Å². The summed E-state index contributed by atoms with van der Waals surface area (Å²) in [5.74, 6) is 0.723. The van der Waals surface area contributed by atoms with Gasteiger partial charge in [-0.1, -0.05) is 256 Å². The van der Waals surface area contributed by atoms with Crippen LogP contribution in [0.2, 0.25) is 0 Å². The van der Waals surface area contributed by atoms with Gasteiger partial charge in [0.05, 0.1) is 22.4 Å². The molecular weight excluding hydrogens is 1100 g/mol. The number of hydrogen-bond acceptors (Lipinski definition) is 2. The Hall–Kier alpha value is -6.72. The van der Waals surface area contributed by atoms with Crippen LogP contribution in [0.5, 0.6) is 0 Å². The second-order valence-corrected chi connectivity index (χ2v) is 38.3. The third-order valence-corrected chi connectivity index (χ3v) is 20.5. The van der Waals surface area contributed by atoms with Gasteiger partial charge in [-0.25, -0.2) is 9.97 Å². The van der Waals surface area contributed by atoms with Crippen molar-refractivity contribution in [3.05, 3.63) is 159 Å². The molecule has 0 atom stereocenters. The number of rotatable bonds is 3. The van der Waals surface area contributed by atoms with Gasteiger partial charge in [-0.15, -0.1) is 0 Å². The van der Waals surface area contributed by atoms with Gasteiger partial charge in [0.2, 0.25) is 0 Å². The lowest BCUT2D eigenvalue weighted by atomic mass is 9.34. The van der Waals surface area contributed by atoms with Crippen molar-refractivity contribution in [3.63, 3.8) is 0 Å². The fourth-order valence-corrected chi connectivity index (χ4v) is 14.9. The number of fused-ring (bicyclic) bond motifs is 10. The molecule has 3 aromatic heterocycles. The predicted octanol–water partition coefficient (Wildman–Crippen LogP) is 21.8. The summed E-state index contributed by atoms with van der Waals surface area (Å²) in [7, 11) is 0. The molecule has 5 heterocycles. The summed E-state index contributed by atoms with van der Waals surface area (Å²) in [6.07, 6.45) is 0. The molecule has 0 saturated carbocycles. The summed E-state index contributed by atoms with van der Waals surface area (Å²) in [6.45, 7) is 71.4. The zero-order valence-electron chi connectivity index (χ0n) is 61.7. The fourth-order valence-electron chi connectivity index (χ4n) is 14.9. The minimum absolute atomic E-state index is 0.0733. The van der Waals surface area contributed by atoms with Crippen molar-refractivity contribution in [1.82, 2.24) is 19.1 Å². The average Bonchev–Trinajstić information content (AvgIpc) is 1.55. The normalized spacial score (nSPS) is 14.5. The van der Waals surface area contributed by atoms with E-state index in [9.17, 15) is 0 Å². The molecule has 0 radical (unpaired) electrons. The van der Waals surface area contributed by atoms with Crippen LogP contribution in [0.15, 0.2) is 103 Å². The quantitative estimate of drug-likeness (QED) is 0.165. The Kier molecular flexibility index (Phi) is 14.1. The van der Waals surface area contributed by atoms with Gasteiger partial charge >= 0.3 is 0 Å². The molecule has 474 valence electrons. The lowest BCUT2D eigenvalue weighted by Crippen LogP contribution is -2.59. The van der Waals surface area contributed by atoms with Crippen molar-refractivity contribution >= 4 is 66.7 Å². The molecule has 2 aliphatic heterocycles. The van der Waals surface area contributed by atoms with E-state index in [0.29, 0.717) is 0 Å². The Morgan fingerprint density at radius 1 is 0.275 bits per heavy atom. The maximum Gasteiger partial charge on any atom is 0.252 e. The van der Waals surface area contributed by atoms with Crippen molar-refractivity contribution < 1.29 is 0 Å². The molecule has 7 aromatic carbocycles. The van der Waals surface area contributed by atoms with E-state index in [-0.39, 0.29) is 60.9 Å². The highest BCUT2D eigenvalue weighted by Crippen LogP contribution is 2.51. The maximum atomic E-state index is 5.98. The molecule has 2 aliphatic rings. The summed E-state index contributed by atoms with van der Waals surface area (Å²) in [5, 5.41) is 5.49. The Labute approximate surface area is 548 Å². The molecule has 5 heteroatoms. The molecular formula is C86H107BN4. The second-order valence-electron chi connectivity index (χ2n) is 38.3. The van der Waals surface area contributed by atoms with Crippen LogP contribution < -0.4 is 16.4 Å². The van der Waals surface area contributed by atoms with Crippen LogP contribution in [0.1, 0.15) is 263 Å². The van der Waals surface area contributed by atoms with Gasteiger partial charge in [-0.05, 0) is 181 Å². The zero-order valence-corrected chi connectivity index (χ0v) is 61.7. The maximum absolute atomic E-state index is 5.98. The molecule has 4 nitrogen and oxygen atoms in total. The highest BCUT2D eigenvalue weighted by atomic mass is 15.0. The number of aromatic nitrogens is 4. The van der Waals surface area contributed by atoms with E-state index < -0.39 is 0 Å². The first kappa shape index (κ1) is 64.4. The lowest BCUT2D eigenvalue weighted by Gasteiger charge is -2.35. The van der Waals surface area contributed by atoms with Crippen molar-refractivity contribution in [3.8, 4) is 45.3 Å². The molecule has 0 unspecified atom stereocenters. The van der Waals surface area contributed by atoms with E-state index in [1.54, 1.807) is 0 Å². The van der Waals surface area contributed by atoms with Crippen LogP contribution in [0.4, 0.5) is 0 Å². The minimum atomic E-state index is -0.165. The second kappa shape index (κ2) is 19.9. The van der Waals surface area contributed by atoms with Crippen LogP contribution in [0.3, 0.4) is 0 Å². The largest absolute Gasteiger partial charge is 0.310 e. The monoisotopic (exact) mass is 1210 g/mol. The van der Waals surface area contributed by atoms with E-state index in [1.807, 2.05) is 0 Å². The topological polar surface area (TPSA) is 35.6 Å². The van der Waals surface area contributed by atoms with Crippen LogP contribution >= 0.6 is 0 Å². The summed E-state index contributed by atoms with van der Waals surface area (Å²) >= 11 is 0. The first-order valence-electron chi connectivity index (χ1n) is 34.2. The van der Waals surface area contributed by atoms with Gasteiger partial charge < -0.3 is 9.13 Å². The van der Waals surface area contributed by atoms with Crippen molar-refractivity contribution in [2.45, 2.75) is 262 Å². The molecule has 0 fully saturated rings. The van der Waals surface area contributed by atoms with Gasteiger partial charge in [0.1, 0.15) is 0 Å². The number of hydrogen-bond donors (Lipinski definition) is 0. The van der Waals surface area contributed by atoms with E-state index in [1.165, 1.54) is 127 Å². The van der Waals surface area contributed by atoms with E-state index in [4.69, 9.17) is 9.97 Å². The summed E-state index contributed by atoms with van der Waals surface area (Å²) in [4.78, 5) is 12.0. The molecule has 91 heavy (non-hydrogen) atoms. The highest BCUT2D eigenvalue weighted by molar-refractivity contribution is 7.00. The van der Waals surface area contributed by atoms with Crippen LogP contribution in [0.25, 0.3) is 88.9 Å². The lowest BCUT2D eigenvalue weighted by molar-refractivity contribution is 0.568. The molecule has 12 rings (SSSR count). The molecule has 10 aromatic rings. The van der Waals surface area contributed by atoms with Gasteiger partial charge in [0.25, 0.3) is 6.71 Å². The third-order valence-electron chi connectivity index (χ3n) is 20.5. The van der Waals surface area contributed by atoms with Crippen molar-refractivity contribution in [2.75, 3.05) is 0 Å². The summed E-state index contributed by atoms with van der Waals surface area (Å²) in [6, 6.07) is 42.3. The molecule has 0 aliphatic carbocycles. The Balaban J connectivity index is 1.35. The van der Waals surface area contributed by atoms with Crippen LogP contribution in [-0.2, 0) is 54.1 Å². The summed E-state index contributed by atoms with van der Waals surface area (Å²) in [5.41, 5.74) is 28.9. The minimum Gasteiger partial charge on any atom is -0.310 e. The van der Waals surface area contributed by atoms with Gasteiger partial charge in [0, 0.05) is 60.6 Å². The number of benzene rings is 7. The zero-order chi connectivity index (χ0) is 66.9. The number of nitrogens with zero attached hydrogens (tertiary/aromatic N) is 4. The SMILES string of the molecule is CC(C)(C)c1cc(-c2cc(-c3cc(C(C)(C)C)cc(C(C)(C)C)c3)nc(-c3cc4c5c(c3)-n3c6cc(C(C)(C)C)cc(C(C)(C)C)c6c6c(C(C)(C)C)ccc(c63)B5c3ccc(C(C)(C)C)c5c6c(C(C)(C)C)cc(C(C)(C)C)cc6n-4c35)n2)cc(C(C)(C)C)c1. The molecule has 0 amide bonds. The first-order valence-corrected chi connectivity index (χ1v) is 34.2. The Morgan fingerprint density at radius 3 is 0.857 bits per heavy atom. The molecule has 0 N–H and O–H groups in total. The third kappa shape index (κ3) is 10.7. The molecule has 0 saturated heterocycles. The van der Waals surface area contributed by atoms with E-state index in [0.717, 1.165) is 33.9 Å².